The molecule has 1 spiro atoms. The van der Waals surface area contributed by atoms with E-state index in [1.807, 2.05) is 13.0 Å². The van der Waals surface area contributed by atoms with Crippen LogP contribution in [-0.2, 0) is 16.1 Å². The van der Waals surface area contributed by atoms with Gasteiger partial charge in [0.1, 0.15) is 0 Å². The molecule has 3 saturated heterocycles. The van der Waals surface area contributed by atoms with Gasteiger partial charge in [-0.3, -0.25) is 14.7 Å². The van der Waals surface area contributed by atoms with Crippen LogP contribution in [0.25, 0.3) is 0 Å². The number of likely N-dealkylation sites (tertiary alicyclic amines) is 2. The summed E-state index contributed by atoms with van der Waals surface area (Å²) in [5.74, 6) is 0.854. The van der Waals surface area contributed by atoms with E-state index >= 15 is 0 Å². The fourth-order valence-corrected chi connectivity index (χ4v) is 4.47. The minimum Gasteiger partial charge on any atom is -0.372 e. The summed E-state index contributed by atoms with van der Waals surface area (Å²) in [5, 5.41) is 0. The van der Waals surface area contributed by atoms with E-state index in [2.05, 4.69) is 26.9 Å². The molecule has 1 amide bonds. The van der Waals surface area contributed by atoms with Crippen LogP contribution in [0.1, 0.15) is 43.5 Å². The van der Waals surface area contributed by atoms with Crippen LogP contribution in [0, 0.1) is 12.8 Å². The maximum Gasteiger partial charge on any atom is 0.222 e. The third-order valence-corrected chi connectivity index (χ3v) is 5.89. The first-order valence-electron chi connectivity index (χ1n) is 9.69. The molecule has 0 bridgehead atoms. The molecule has 3 aliphatic rings. The van der Waals surface area contributed by atoms with Gasteiger partial charge in [0.25, 0.3) is 0 Å². The lowest BCUT2D eigenvalue weighted by atomic mass is 9.82. The van der Waals surface area contributed by atoms with E-state index in [1.54, 1.807) is 0 Å². The Balaban J connectivity index is 1.22. The molecule has 25 heavy (non-hydrogen) atoms. The number of amides is 1. The zero-order chi connectivity index (χ0) is 17.3. The first kappa shape index (κ1) is 17.0. The molecule has 0 saturated carbocycles. The lowest BCUT2D eigenvalue weighted by molar-refractivity contribution is -0.184. The first-order chi connectivity index (χ1) is 12.1. The minimum absolute atomic E-state index is 0.0617. The van der Waals surface area contributed by atoms with Crippen molar-refractivity contribution < 1.29 is 9.53 Å². The number of pyridine rings is 1. The van der Waals surface area contributed by atoms with Crippen molar-refractivity contribution in [2.24, 2.45) is 5.92 Å². The Bertz CT molecular complexity index is 617. The number of aromatic nitrogens is 1. The maximum atomic E-state index is 12.0. The Kier molecular flexibility index (Phi) is 4.78. The van der Waals surface area contributed by atoms with Gasteiger partial charge in [-0.25, -0.2) is 0 Å². The Morgan fingerprint density at radius 2 is 2.20 bits per heavy atom. The molecule has 1 aromatic heterocycles. The molecular formula is C20H29N3O2. The summed E-state index contributed by atoms with van der Waals surface area (Å²) < 4.78 is 6.28. The molecule has 4 rings (SSSR count). The summed E-state index contributed by atoms with van der Waals surface area (Å²) in [6.07, 6.45) is 5.26. The fraction of sp³-hybridized carbons (Fsp3) is 0.700. The van der Waals surface area contributed by atoms with E-state index in [1.165, 1.54) is 6.42 Å². The lowest BCUT2D eigenvalue weighted by Gasteiger charge is -2.53. The largest absolute Gasteiger partial charge is 0.372 e. The maximum absolute atomic E-state index is 12.0. The van der Waals surface area contributed by atoms with Crippen molar-refractivity contribution >= 4 is 5.91 Å². The topological polar surface area (TPSA) is 45.7 Å². The Labute approximate surface area is 150 Å². The summed E-state index contributed by atoms with van der Waals surface area (Å²) in [6.45, 7) is 7.62. The predicted molar refractivity (Wildman–Crippen MR) is 96.1 cm³/mol. The molecule has 0 aromatic carbocycles. The van der Waals surface area contributed by atoms with E-state index in [4.69, 9.17) is 4.74 Å². The summed E-state index contributed by atoms with van der Waals surface area (Å²) in [4.78, 5) is 21.1. The third-order valence-electron chi connectivity index (χ3n) is 5.89. The lowest BCUT2D eigenvalue weighted by Crippen LogP contribution is -2.64. The summed E-state index contributed by atoms with van der Waals surface area (Å²) in [6, 6.07) is 6.22. The van der Waals surface area contributed by atoms with E-state index in [0.29, 0.717) is 11.8 Å². The Morgan fingerprint density at radius 3 is 2.92 bits per heavy atom. The van der Waals surface area contributed by atoms with Gasteiger partial charge in [-0.15, -0.1) is 0 Å². The fourth-order valence-electron chi connectivity index (χ4n) is 4.47. The summed E-state index contributed by atoms with van der Waals surface area (Å²) in [7, 11) is 0. The molecule has 3 fully saturated rings. The average Bonchev–Trinajstić information content (AvgIpc) is 2.57. The number of carbonyl (C=O) groups excluding carboxylic acids is 1. The van der Waals surface area contributed by atoms with Crippen molar-refractivity contribution in [2.45, 2.75) is 51.2 Å². The highest BCUT2D eigenvalue weighted by atomic mass is 16.5. The summed E-state index contributed by atoms with van der Waals surface area (Å²) >= 11 is 0. The molecule has 5 heteroatoms. The summed E-state index contributed by atoms with van der Waals surface area (Å²) in [5.41, 5.74) is 2.29. The molecule has 1 atom stereocenters. The van der Waals surface area contributed by atoms with Crippen molar-refractivity contribution in [1.82, 2.24) is 14.8 Å². The van der Waals surface area contributed by atoms with Crippen molar-refractivity contribution in [2.75, 3.05) is 32.8 Å². The highest BCUT2D eigenvalue weighted by Crippen LogP contribution is 2.37. The van der Waals surface area contributed by atoms with Gasteiger partial charge in [0.05, 0.1) is 17.9 Å². The molecule has 4 heterocycles. The Hall–Kier alpha value is -1.46. The number of nitrogens with zero attached hydrogens (tertiary/aromatic N) is 3. The Morgan fingerprint density at radius 1 is 1.32 bits per heavy atom. The van der Waals surface area contributed by atoms with Crippen molar-refractivity contribution in [3.8, 4) is 0 Å². The molecule has 0 unspecified atom stereocenters. The molecular weight excluding hydrogens is 314 g/mol. The highest BCUT2D eigenvalue weighted by molar-refractivity contribution is 5.76. The number of carbonyl (C=O) groups is 1. The van der Waals surface area contributed by atoms with Crippen LogP contribution >= 0.6 is 0 Å². The molecule has 0 aliphatic carbocycles. The molecule has 0 N–H and O–H groups in total. The van der Waals surface area contributed by atoms with Gasteiger partial charge in [-0.1, -0.05) is 6.07 Å². The van der Waals surface area contributed by atoms with Crippen LogP contribution in [0.2, 0.25) is 0 Å². The van der Waals surface area contributed by atoms with Crippen LogP contribution in [0.15, 0.2) is 18.2 Å². The van der Waals surface area contributed by atoms with Crippen LogP contribution in [0.4, 0.5) is 0 Å². The van der Waals surface area contributed by atoms with E-state index in [9.17, 15) is 4.79 Å². The van der Waals surface area contributed by atoms with Crippen LogP contribution in [0.3, 0.4) is 0 Å². The number of rotatable bonds is 4. The number of aryl methyl sites for hydroxylation is 1. The highest BCUT2D eigenvalue weighted by Gasteiger charge is 2.46. The molecule has 5 nitrogen and oxygen atoms in total. The van der Waals surface area contributed by atoms with E-state index in [-0.39, 0.29) is 5.60 Å². The molecule has 136 valence electrons. The predicted octanol–water partition coefficient (Wildman–Crippen LogP) is 2.38. The molecule has 1 aromatic rings. The average molecular weight is 343 g/mol. The van der Waals surface area contributed by atoms with Gasteiger partial charge in [0.2, 0.25) is 5.91 Å². The third kappa shape index (κ3) is 3.87. The monoisotopic (exact) mass is 343 g/mol. The van der Waals surface area contributed by atoms with Gasteiger partial charge in [-0.2, -0.15) is 0 Å². The number of hydrogen-bond acceptors (Lipinski definition) is 4. The van der Waals surface area contributed by atoms with Crippen LogP contribution in [-0.4, -0.2) is 59.1 Å². The van der Waals surface area contributed by atoms with Crippen LogP contribution in [0.5, 0.6) is 0 Å². The second kappa shape index (κ2) is 7.04. The van der Waals surface area contributed by atoms with Gasteiger partial charge in [0, 0.05) is 50.8 Å². The van der Waals surface area contributed by atoms with Crippen molar-refractivity contribution in [3.05, 3.63) is 29.6 Å². The van der Waals surface area contributed by atoms with E-state index < -0.39 is 0 Å². The first-order valence-corrected chi connectivity index (χ1v) is 9.69. The van der Waals surface area contributed by atoms with Crippen molar-refractivity contribution in [3.63, 3.8) is 0 Å². The quantitative estimate of drug-likeness (QED) is 0.842. The second-order valence-electron chi connectivity index (χ2n) is 8.11. The SMILES string of the molecule is Cc1cccc(CN2CC3(CC[C@@H](CN4CCCCC4=O)CO3)C2)n1. The standard InChI is InChI=1S/C20H29N3O2/c1-16-5-4-6-18(21-16)12-22-14-20(15-22)9-8-17(13-25-20)11-23-10-3-2-7-19(23)24/h4-6,17H,2-3,7-15H2,1H3/t17-/m0/s1. The normalized spacial score (nSPS) is 26.7. The van der Waals surface area contributed by atoms with Gasteiger partial charge in [-0.05, 0) is 44.7 Å². The smallest absolute Gasteiger partial charge is 0.222 e. The zero-order valence-corrected chi connectivity index (χ0v) is 15.2. The zero-order valence-electron chi connectivity index (χ0n) is 15.2. The van der Waals surface area contributed by atoms with Gasteiger partial charge < -0.3 is 9.64 Å². The molecule has 0 radical (unpaired) electrons. The number of ether oxygens (including phenoxy) is 1. The van der Waals surface area contributed by atoms with Gasteiger partial charge >= 0.3 is 0 Å². The second-order valence-corrected chi connectivity index (χ2v) is 8.11. The van der Waals surface area contributed by atoms with Crippen LogP contribution < -0.4 is 0 Å². The number of piperidine rings is 1. The minimum atomic E-state index is 0.0617. The number of hydrogen-bond donors (Lipinski definition) is 0. The van der Waals surface area contributed by atoms with Crippen molar-refractivity contribution in [1.29, 1.82) is 0 Å². The molecule has 3 aliphatic heterocycles. The van der Waals surface area contributed by atoms with Gasteiger partial charge in [0.15, 0.2) is 0 Å². The van der Waals surface area contributed by atoms with E-state index in [0.717, 1.165) is 76.4 Å².